The molecule has 0 atom stereocenters. The molecule has 0 aliphatic carbocycles. The van der Waals surface area contributed by atoms with E-state index in [0.29, 0.717) is 15.6 Å². The monoisotopic (exact) mass is 393 g/mol. The van der Waals surface area contributed by atoms with Crippen molar-refractivity contribution in [3.8, 4) is 0 Å². The first kappa shape index (κ1) is 18.6. The molecule has 1 N–H and O–H groups in total. The van der Waals surface area contributed by atoms with Crippen LogP contribution < -0.4 is 5.32 Å². The van der Waals surface area contributed by atoms with Gasteiger partial charge >= 0.3 is 6.18 Å². The maximum Gasteiger partial charge on any atom is 0.416 e. The van der Waals surface area contributed by atoms with E-state index in [4.69, 9.17) is 34.8 Å². The van der Waals surface area contributed by atoms with Gasteiger partial charge in [-0.2, -0.15) is 13.2 Å². The zero-order valence-corrected chi connectivity index (χ0v) is 14.1. The van der Waals surface area contributed by atoms with Gasteiger partial charge in [0.05, 0.1) is 26.3 Å². The number of nitrogens with one attached hydrogen (secondary N) is 1. The summed E-state index contributed by atoms with van der Waals surface area (Å²) in [6.07, 6.45) is -1.94. The minimum absolute atomic E-state index is 0.000660. The van der Waals surface area contributed by atoms with Gasteiger partial charge in [0.2, 0.25) is 5.91 Å². The van der Waals surface area contributed by atoms with Gasteiger partial charge in [-0.25, -0.2) is 0 Å². The van der Waals surface area contributed by atoms with Crippen LogP contribution in [0, 0.1) is 0 Å². The minimum Gasteiger partial charge on any atom is -0.321 e. The molecule has 2 rings (SSSR count). The van der Waals surface area contributed by atoms with Gasteiger partial charge in [-0.05, 0) is 42.0 Å². The number of carbonyl (C=O) groups is 1. The van der Waals surface area contributed by atoms with Crippen molar-refractivity contribution in [1.29, 1.82) is 0 Å². The van der Waals surface area contributed by atoms with E-state index in [0.717, 1.165) is 24.3 Å². The van der Waals surface area contributed by atoms with Crippen molar-refractivity contribution in [1.82, 2.24) is 0 Å². The van der Waals surface area contributed by atoms with Crippen molar-refractivity contribution < 1.29 is 18.0 Å². The quantitative estimate of drug-likeness (QED) is 0.607. The molecule has 0 heterocycles. The lowest BCUT2D eigenvalue weighted by Crippen LogP contribution is -2.11. The number of hydrogen-bond donors (Lipinski definition) is 1. The van der Waals surface area contributed by atoms with Crippen LogP contribution in [0.1, 0.15) is 11.1 Å². The van der Waals surface area contributed by atoms with Crippen LogP contribution >= 0.6 is 34.8 Å². The van der Waals surface area contributed by atoms with Crippen LogP contribution in [0.3, 0.4) is 0 Å². The van der Waals surface area contributed by atoms with E-state index in [1.54, 1.807) is 18.2 Å². The lowest BCUT2D eigenvalue weighted by Gasteiger charge is -2.10. The fraction of sp³-hybridized carbons (Fsp3) is 0.0625. The maximum atomic E-state index is 12.7. The molecule has 0 aliphatic rings. The molecule has 8 heteroatoms. The second-order valence-electron chi connectivity index (χ2n) is 4.69. The fourth-order valence-electron chi connectivity index (χ4n) is 1.76. The third kappa shape index (κ3) is 4.90. The smallest absolute Gasteiger partial charge is 0.321 e. The molecule has 0 radical (unpaired) electrons. The topological polar surface area (TPSA) is 29.1 Å². The van der Waals surface area contributed by atoms with Gasteiger partial charge in [-0.3, -0.25) is 4.79 Å². The molecule has 24 heavy (non-hydrogen) atoms. The third-order valence-corrected chi connectivity index (χ3v) is 3.99. The molecule has 0 bridgehead atoms. The van der Waals surface area contributed by atoms with E-state index in [9.17, 15) is 18.0 Å². The molecule has 0 aromatic heterocycles. The zero-order valence-electron chi connectivity index (χ0n) is 11.8. The van der Waals surface area contributed by atoms with E-state index < -0.39 is 17.6 Å². The number of halogens is 6. The molecule has 2 aromatic carbocycles. The van der Waals surface area contributed by atoms with E-state index in [1.165, 1.54) is 6.08 Å². The van der Waals surface area contributed by atoms with Crippen LogP contribution in [0.25, 0.3) is 6.08 Å². The number of anilines is 1. The molecular formula is C16H9Cl3F3NO. The lowest BCUT2D eigenvalue weighted by atomic mass is 10.2. The zero-order chi connectivity index (χ0) is 17.9. The first-order valence-electron chi connectivity index (χ1n) is 6.47. The number of amides is 1. The van der Waals surface area contributed by atoms with Crippen molar-refractivity contribution in [2.45, 2.75) is 6.18 Å². The van der Waals surface area contributed by atoms with Crippen LogP contribution in [0.2, 0.25) is 15.1 Å². The largest absolute Gasteiger partial charge is 0.416 e. The van der Waals surface area contributed by atoms with E-state index in [2.05, 4.69) is 5.32 Å². The van der Waals surface area contributed by atoms with Gasteiger partial charge in [0.1, 0.15) is 0 Å². The summed E-state index contributed by atoms with van der Waals surface area (Å²) in [5.74, 6) is -0.637. The highest BCUT2D eigenvalue weighted by molar-refractivity contribution is 6.42. The Morgan fingerprint density at radius 3 is 2.25 bits per heavy atom. The van der Waals surface area contributed by atoms with Gasteiger partial charge in [-0.15, -0.1) is 0 Å². The molecule has 126 valence electrons. The summed E-state index contributed by atoms with van der Waals surface area (Å²) in [7, 11) is 0. The van der Waals surface area contributed by atoms with Crippen LogP contribution in [-0.2, 0) is 11.0 Å². The SMILES string of the molecule is O=C(C=Cc1ccc(Cl)c(Cl)c1)Nc1cc(C(F)(F)F)ccc1Cl. The maximum absolute atomic E-state index is 12.7. The van der Waals surface area contributed by atoms with Crippen molar-refractivity contribution >= 4 is 52.5 Å². The van der Waals surface area contributed by atoms with Gasteiger partial charge in [0.15, 0.2) is 0 Å². The fourth-order valence-corrected chi connectivity index (χ4v) is 2.23. The number of hydrogen-bond acceptors (Lipinski definition) is 1. The summed E-state index contributed by atoms with van der Waals surface area (Å²) in [6, 6.07) is 7.42. The minimum atomic E-state index is -4.53. The standard InChI is InChI=1S/C16H9Cl3F3NO/c17-11-4-1-9(7-13(11)19)2-6-15(24)23-14-8-10(16(20,21)22)3-5-12(14)18/h1-8H,(H,23,24). The summed E-state index contributed by atoms with van der Waals surface area (Å²) in [4.78, 5) is 11.9. The van der Waals surface area contributed by atoms with Crippen LogP contribution in [0.5, 0.6) is 0 Å². The van der Waals surface area contributed by atoms with Gasteiger partial charge in [-0.1, -0.05) is 40.9 Å². The Balaban J connectivity index is 2.14. The van der Waals surface area contributed by atoms with Crippen LogP contribution in [0.15, 0.2) is 42.5 Å². The molecule has 0 saturated carbocycles. The number of alkyl halides is 3. The summed E-state index contributed by atoms with van der Waals surface area (Å²) < 4.78 is 38.1. The highest BCUT2D eigenvalue weighted by atomic mass is 35.5. The van der Waals surface area contributed by atoms with E-state index >= 15 is 0 Å². The molecule has 0 fully saturated rings. The molecular weight excluding hydrogens is 386 g/mol. The molecule has 1 amide bonds. The van der Waals surface area contributed by atoms with Crippen molar-refractivity contribution in [3.05, 3.63) is 68.7 Å². The highest BCUT2D eigenvalue weighted by Gasteiger charge is 2.31. The summed E-state index contributed by atoms with van der Waals surface area (Å²) in [5, 5.41) is 2.99. The second-order valence-corrected chi connectivity index (χ2v) is 5.91. The number of rotatable bonds is 3. The average molecular weight is 395 g/mol. The Bertz CT molecular complexity index is 804. The normalized spacial score (nSPS) is 11.8. The number of carbonyl (C=O) groups excluding carboxylic acids is 1. The summed E-state index contributed by atoms with van der Waals surface area (Å²) in [5.41, 5.74) is -0.430. The Hall–Kier alpha value is -1.69. The van der Waals surface area contributed by atoms with Crippen molar-refractivity contribution in [2.75, 3.05) is 5.32 Å². The summed E-state index contributed by atoms with van der Waals surface area (Å²) >= 11 is 17.4. The summed E-state index contributed by atoms with van der Waals surface area (Å²) in [6.45, 7) is 0. The lowest BCUT2D eigenvalue weighted by molar-refractivity contribution is -0.137. The first-order valence-corrected chi connectivity index (χ1v) is 7.61. The Kier molecular flexibility index (Phi) is 5.80. The van der Waals surface area contributed by atoms with Crippen LogP contribution in [0.4, 0.5) is 18.9 Å². The van der Waals surface area contributed by atoms with Gasteiger partial charge < -0.3 is 5.32 Å². The molecule has 2 aromatic rings. The molecule has 0 saturated heterocycles. The Labute approximate surface area is 150 Å². The molecule has 0 aliphatic heterocycles. The Morgan fingerprint density at radius 2 is 1.62 bits per heavy atom. The Morgan fingerprint density at radius 1 is 0.958 bits per heavy atom. The van der Waals surface area contributed by atoms with Crippen LogP contribution in [-0.4, -0.2) is 5.91 Å². The van der Waals surface area contributed by atoms with Gasteiger partial charge in [0, 0.05) is 6.08 Å². The predicted octanol–water partition coefficient (Wildman–Crippen LogP) is 6.32. The third-order valence-electron chi connectivity index (χ3n) is 2.92. The van der Waals surface area contributed by atoms with Gasteiger partial charge in [0.25, 0.3) is 0 Å². The second kappa shape index (κ2) is 7.47. The highest BCUT2D eigenvalue weighted by Crippen LogP contribution is 2.33. The van der Waals surface area contributed by atoms with Crippen molar-refractivity contribution in [3.63, 3.8) is 0 Å². The molecule has 0 unspecified atom stereocenters. The average Bonchev–Trinajstić information content (AvgIpc) is 2.49. The number of benzene rings is 2. The first-order chi connectivity index (χ1) is 11.2. The van der Waals surface area contributed by atoms with E-state index in [-0.39, 0.29) is 10.7 Å². The van der Waals surface area contributed by atoms with Crippen molar-refractivity contribution in [2.24, 2.45) is 0 Å². The molecule has 2 nitrogen and oxygen atoms in total. The predicted molar refractivity (Wildman–Crippen MR) is 90.6 cm³/mol. The molecule has 0 spiro atoms. The van der Waals surface area contributed by atoms with E-state index in [1.807, 2.05) is 0 Å².